The molecule has 0 spiro atoms. The van der Waals surface area contributed by atoms with Gasteiger partial charge >= 0.3 is 0 Å². The summed E-state index contributed by atoms with van der Waals surface area (Å²) in [5.41, 5.74) is 2.44. The van der Waals surface area contributed by atoms with E-state index in [1.54, 1.807) is 7.11 Å². The largest absolute Gasteiger partial charge is 0.481 e. The van der Waals surface area contributed by atoms with Crippen molar-refractivity contribution in [2.75, 3.05) is 13.7 Å². The van der Waals surface area contributed by atoms with Crippen LogP contribution in [0.2, 0.25) is 0 Å². The lowest BCUT2D eigenvalue weighted by molar-refractivity contribution is 0.388. The van der Waals surface area contributed by atoms with E-state index in [1.165, 1.54) is 30.5 Å². The highest BCUT2D eigenvalue weighted by molar-refractivity contribution is 5.34. The summed E-state index contributed by atoms with van der Waals surface area (Å²) in [6.45, 7) is 1.13. The Labute approximate surface area is 102 Å². The van der Waals surface area contributed by atoms with Gasteiger partial charge in [0.1, 0.15) is 5.82 Å². The molecule has 4 heteroatoms. The molecule has 1 saturated heterocycles. The van der Waals surface area contributed by atoms with Gasteiger partial charge in [-0.05, 0) is 38.6 Å². The maximum absolute atomic E-state index is 5.39. The monoisotopic (exact) mass is 233 g/mol. The number of ether oxygens (including phenoxy) is 1. The number of hydrogen-bond donors (Lipinski definition) is 1. The zero-order chi connectivity index (χ0) is 11.7. The molecule has 17 heavy (non-hydrogen) atoms. The number of methoxy groups -OCH3 is 1. The highest BCUT2D eigenvalue weighted by Crippen LogP contribution is 2.28. The molecule has 1 aromatic heterocycles. The van der Waals surface area contributed by atoms with Gasteiger partial charge in [-0.2, -0.15) is 4.98 Å². The second-order valence-electron chi connectivity index (χ2n) is 4.93. The third-order valence-electron chi connectivity index (χ3n) is 3.73. The number of rotatable bonds is 3. The maximum Gasteiger partial charge on any atom is 0.219 e. The average Bonchev–Trinajstić information content (AvgIpc) is 2.98. The molecule has 1 aromatic rings. The molecule has 4 nitrogen and oxygen atoms in total. The van der Waals surface area contributed by atoms with Gasteiger partial charge in [0.05, 0.1) is 12.8 Å². The lowest BCUT2D eigenvalue weighted by Crippen LogP contribution is -2.25. The molecule has 0 radical (unpaired) electrons. The van der Waals surface area contributed by atoms with Crippen molar-refractivity contribution in [2.24, 2.45) is 0 Å². The first-order valence-corrected chi connectivity index (χ1v) is 6.53. The fraction of sp³-hybridized carbons (Fsp3) is 0.692. The number of aryl methyl sites for hydroxylation is 1. The first-order valence-electron chi connectivity index (χ1n) is 6.53. The van der Waals surface area contributed by atoms with E-state index < -0.39 is 0 Å². The number of aromatic nitrogens is 2. The number of nitrogens with one attached hydrogen (secondary N) is 1. The fourth-order valence-electron chi connectivity index (χ4n) is 2.86. The predicted molar refractivity (Wildman–Crippen MR) is 65.3 cm³/mol. The molecule has 1 fully saturated rings. The first kappa shape index (κ1) is 11.0. The minimum atomic E-state index is 0.555. The van der Waals surface area contributed by atoms with Gasteiger partial charge in [0.2, 0.25) is 5.88 Å². The van der Waals surface area contributed by atoms with Gasteiger partial charge in [-0.15, -0.1) is 0 Å². The second kappa shape index (κ2) is 4.61. The highest BCUT2D eigenvalue weighted by atomic mass is 16.5. The maximum atomic E-state index is 5.39. The SMILES string of the molecule is COc1nc(CC2CCCN2)nc2c1CCC2. The Balaban J connectivity index is 1.84. The van der Waals surface area contributed by atoms with Crippen LogP contribution in [0.1, 0.15) is 36.3 Å². The van der Waals surface area contributed by atoms with Crippen LogP contribution in [0.3, 0.4) is 0 Å². The Bertz CT molecular complexity index is 413. The molecule has 1 aliphatic heterocycles. The first-order chi connectivity index (χ1) is 8.36. The molecular weight excluding hydrogens is 214 g/mol. The number of hydrogen-bond acceptors (Lipinski definition) is 4. The molecule has 1 atom stereocenters. The quantitative estimate of drug-likeness (QED) is 0.854. The van der Waals surface area contributed by atoms with E-state index in [0.717, 1.165) is 37.5 Å². The summed E-state index contributed by atoms with van der Waals surface area (Å²) >= 11 is 0. The second-order valence-corrected chi connectivity index (χ2v) is 4.93. The summed E-state index contributed by atoms with van der Waals surface area (Å²) in [5.74, 6) is 1.75. The summed E-state index contributed by atoms with van der Waals surface area (Å²) in [4.78, 5) is 9.25. The van der Waals surface area contributed by atoms with Crippen LogP contribution < -0.4 is 10.1 Å². The molecular formula is C13H19N3O. The van der Waals surface area contributed by atoms with Crippen LogP contribution in [-0.4, -0.2) is 29.7 Å². The Morgan fingerprint density at radius 3 is 3.00 bits per heavy atom. The zero-order valence-corrected chi connectivity index (χ0v) is 10.3. The lowest BCUT2D eigenvalue weighted by atomic mass is 10.1. The van der Waals surface area contributed by atoms with Crippen molar-refractivity contribution < 1.29 is 4.74 Å². The third kappa shape index (κ3) is 2.14. The van der Waals surface area contributed by atoms with Crippen molar-refractivity contribution in [3.63, 3.8) is 0 Å². The molecule has 1 aliphatic carbocycles. The molecule has 2 heterocycles. The zero-order valence-electron chi connectivity index (χ0n) is 10.3. The number of nitrogens with zero attached hydrogens (tertiary/aromatic N) is 2. The summed E-state index contributed by atoms with van der Waals surface area (Å²) < 4.78 is 5.39. The van der Waals surface area contributed by atoms with E-state index in [9.17, 15) is 0 Å². The highest BCUT2D eigenvalue weighted by Gasteiger charge is 2.22. The van der Waals surface area contributed by atoms with Gasteiger partial charge < -0.3 is 10.1 Å². The smallest absolute Gasteiger partial charge is 0.219 e. The van der Waals surface area contributed by atoms with Crippen LogP contribution in [0.4, 0.5) is 0 Å². The molecule has 92 valence electrons. The summed E-state index contributed by atoms with van der Waals surface area (Å²) in [6, 6.07) is 0.555. The molecule has 1 unspecified atom stereocenters. The Hall–Kier alpha value is -1.16. The van der Waals surface area contributed by atoms with Crippen molar-refractivity contribution in [3.8, 4) is 5.88 Å². The van der Waals surface area contributed by atoms with Gasteiger partial charge in [0, 0.05) is 18.0 Å². The van der Waals surface area contributed by atoms with Gasteiger partial charge in [0.25, 0.3) is 0 Å². The average molecular weight is 233 g/mol. The van der Waals surface area contributed by atoms with Crippen LogP contribution in [0.15, 0.2) is 0 Å². The van der Waals surface area contributed by atoms with Gasteiger partial charge in [-0.3, -0.25) is 0 Å². The summed E-state index contributed by atoms with van der Waals surface area (Å²) in [6.07, 6.45) is 6.78. The van der Waals surface area contributed by atoms with Crippen LogP contribution in [-0.2, 0) is 19.3 Å². The Morgan fingerprint density at radius 2 is 2.24 bits per heavy atom. The normalized spacial score (nSPS) is 22.8. The molecule has 1 N–H and O–H groups in total. The molecule has 3 rings (SSSR count). The molecule has 0 aromatic carbocycles. The van der Waals surface area contributed by atoms with Gasteiger partial charge in [-0.25, -0.2) is 4.98 Å². The van der Waals surface area contributed by atoms with E-state index in [1.807, 2.05) is 0 Å². The van der Waals surface area contributed by atoms with Crippen LogP contribution >= 0.6 is 0 Å². The van der Waals surface area contributed by atoms with Crippen molar-refractivity contribution in [3.05, 3.63) is 17.1 Å². The van der Waals surface area contributed by atoms with Crippen molar-refractivity contribution in [1.29, 1.82) is 0 Å². The summed E-state index contributed by atoms with van der Waals surface area (Å²) in [7, 11) is 1.71. The predicted octanol–water partition coefficient (Wildman–Crippen LogP) is 1.27. The van der Waals surface area contributed by atoms with Gasteiger partial charge in [-0.1, -0.05) is 0 Å². The minimum Gasteiger partial charge on any atom is -0.481 e. The lowest BCUT2D eigenvalue weighted by Gasteiger charge is -2.12. The van der Waals surface area contributed by atoms with E-state index >= 15 is 0 Å². The van der Waals surface area contributed by atoms with Crippen LogP contribution in [0, 0.1) is 0 Å². The van der Waals surface area contributed by atoms with E-state index in [2.05, 4.69) is 10.3 Å². The summed E-state index contributed by atoms with van der Waals surface area (Å²) in [5, 5.41) is 3.49. The molecule has 0 bridgehead atoms. The van der Waals surface area contributed by atoms with E-state index in [-0.39, 0.29) is 0 Å². The van der Waals surface area contributed by atoms with Crippen LogP contribution in [0.5, 0.6) is 5.88 Å². The Morgan fingerprint density at radius 1 is 1.29 bits per heavy atom. The third-order valence-corrected chi connectivity index (χ3v) is 3.73. The van der Waals surface area contributed by atoms with E-state index in [4.69, 9.17) is 9.72 Å². The molecule has 0 saturated carbocycles. The van der Waals surface area contributed by atoms with Crippen molar-refractivity contribution >= 4 is 0 Å². The van der Waals surface area contributed by atoms with Crippen LogP contribution in [0.25, 0.3) is 0 Å². The van der Waals surface area contributed by atoms with Gasteiger partial charge in [0.15, 0.2) is 0 Å². The van der Waals surface area contributed by atoms with E-state index in [0.29, 0.717) is 6.04 Å². The standard InChI is InChI=1S/C13H19N3O/c1-17-13-10-5-2-6-11(10)15-12(16-13)8-9-4-3-7-14-9/h9,14H,2-8H2,1H3. The van der Waals surface area contributed by atoms with Crippen molar-refractivity contribution in [1.82, 2.24) is 15.3 Å². The fourth-order valence-corrected chi connectivity index (χ4v) is 2.86. The topological polar surface area (TPSA) is 47.0 Å². The van der Waals surface area contributed by atoms with Crippen molar-refractivity contribution in [2.45, 2.75) is 44.6 Å². The Kier molecular flexibility index (Phi) is 2.97. The molecule has 2 aliphatic rings. The molecule has 0 amide bonds. The minimum absolute atomic E-state index is 0.555. The number of fused-ring (bicyclic) bond motifs is 1.